The SMILES string of the molecule is CO[C@H]1CCCC[C@@H]1NC(=O)c1c(F)c(F)c(F)c(F)c1F. The second kappa shape index (κ2) is 6.60. The summed E-state index contributed by atoms with van der Waals surface area (Å²) in [6.07, 6.45) is 2.41. The summed E-state index contributed by atoms with van der Waals surface area (Å²) in [5.74, 6) is -12.2. The van der Waals surface area contributed by atoms with Gasteiger partial charge in [-0.3, -0.25) is 4.79 Å². The number of nitrogens with one attached hydrogen (secondary N) is 1. The Hall–Kier alpha value is -1.70. The lowest BCUT2D eigenvalue weighted by Crippen LogP contribution is -2.46. The quantitative estimate of drug-likeness (QED) is 0.527. The normalized spacial score (nSPS) is 21.7. The molecule has 1 amide bonds. The van der Waals surface area contributed by atoms with Gasteiger partial charge in [0, 0.05) is 7.11 Å². The summed E-state index contributed by atoms with van der Waals surface area (Å²) in [6, 6.07) is -0.541. The third-order valence-electron chi connectivity index (χ3n) is 3.76. The number of hydrogen-bond donors (Lipinski definition) is 1. The lowest BCUT2D eigenvalue weighted by atomic mass is 9.92. The van der Waals surface area contributed by atoms with Crippen LogP contribution in [-0.2, 0) is 4.74 Å². The maximum Gasteiger partial charge on any atom is 0.257 e. The molecule has 0 saturated heterocycles. The van der Waals surface area contributed by atoms with Crippen molar-refractivity contribution >= 4 is 5.91 Å². The van der Waals surface area contributed by atoms with Gasteiger partial charge in [0.25, 0.3) is 5.91 Å². The molecule has 0 aromatic heterocycles. The summed E-state index contributed by atoms with van der Waals surface area (Å²) < 4.78 is 71.5. The second-order valence-electron chi connectivity index (χ2n) is 5.08. The van der Waals surface area contributed by atoms with E-state index in [9.17, 15) is 26.7 Å². The number of carbonyl (C=O) groups excluding carboxylic acids is 1. The summed E-state index contributed by atoms with van der Waals surface area (Å²) in [4.78, 5) is 11.9. The highest BCUT2D eigenvalue weighted by Crippen LogP contribution is 2.25. The Morgan fingerprint density at radius 2 is 1.45 bits per heavy atom. The largest absolute Gasteiger partial charge is 0.379 e. The van der Waals surface area contributed by atoms with Gasteiger partial charge in [0.1, 0.15) is 5.56 Å². The van der Waals surface area contributed by atoms with E-state index in [0.717, 1.165) is 12.8 Å². The molecule has 22 heavy (non-hydrogen) atoms. The van der Waals surface area contributed by atoms with Crippen LogP contribution in [-0.4, -0.2) is 25.2 Å². The maximum atomic E-state index is 13.6. The van der Waals surface area contributed by atoms with E-state index in [-0.39, 0.29) is 6.10 Å². The number of carbonyl (C=O) groups is 1. The van der Waals surface area contributed by atoms with Crippen LogP contribution in [0.4, 0.5) is 22.0 Å². The van der Waals surface area contributed by atoms with Gasteiger partial charge in [0.05, 0.1) is 12.1 Å². The van der Waals surface area contributed by atoms with E-state index in [4.69, 9.17) is 4.74 Å². The molecule has 1 aromatic rings. The molecule has 0 heterocycles. The molecular formula is C14H14F5NO2. The summed E-state index contributed by atoms with van der Waals surface area (Å²) in [7, 11) is 1.42. The maximum absolute atomic E-state index is 13.6. The highest BCUT2D eigenvalue weighted by atomic mass is 19.2. The topological polar surface area (TPSA) is 38.3 Å². The number of amides is 1. The first kappa shape index (κ1) is 16.7. The molecule has 1 aliphatic rings. The molecule has 122 valence electrons. The van der Waals surface area contributed by atoms with Crippen molar-refractivity contribution in [3.63, 3.8) is 0 Å². The van der Waals surface area contributed by atoms with Crippen molar-refractivity contribution in [3.05, 3.63) is 34.6 Å². The molecule has 0 unspecified atom stereocenters. The lowest BCUT2D eigenvalue weighted by Gasteiger charge is -2.31. The fourth-order valence-corrected chi connectivity index (χ4v) is 2.59. The zero-order valence-corrected chi connectivity index (χ0v) is 11.7. The number of rotatable bonds is 3. The highest BCUT2D eigenvalue weighted by Gasteiger charge is 2.32. The van der Waals surface area contributed by atoms with Gasteiger partial charge in [-0.05, 0) is 12.8 Å². The number of ether oxygens (including phenoxy) is 1. The van der Waals surface area contributed by atoms with Crippen LogP contribution in [0.5, 0.6) is 0 Å². The minimum atomic E-state index is -2.29. The average Bonchev–Trinajstić information content (AvgIpc) is 2.51. The molecule has 1 N–H and O–H groups in total. The van der Waals surface area contributed by atoms with Gasteiger partial charge in [-0.15, -0.1) is 0 Å². The predicted molar refractivity (Wildman–Crippen MR) is 66.8 cm³/mol. The Labute approximate surface area is 123 Å². The molecule has 8 heteroatoms. The van der Waals surface area contributed by atoms with Crippen LogP contribution in [0.1, 0.15) is 36.0 Å². The molecular weight excluding hydrogens is 309 g/mol. The fourth-order valence-electron chi connectivity index (χ4n) is 2.59. The molecule has 0 aliphatic heterocycles. The minimum absolute atomic E-state index is 0.362. The Morgan fingerprint density at radius 3 is 2.00 bits per heavy atom. The van der Waals surface area contributed by atoms with E-state index in [1.54, 1.807) is 0 Å². The predicted octanol–water partition coefficient (Wildman–Crippen LogP) is 3.07. The smallest absolute Gasteiger partial charge is 0.257 e. The van der Waals surface area contributed by atoms with Gasteiger partial charge in [0.2, 0.25) is 5.82 Å². The van der Waals surface area contributed by atoms with Crippen LogP contribution in [0.15, 0.2) is 0 Å². The fraction of sp³-hybridized carbons (Fsp3) is 0.500. The van der Waals surface area contributed by atoms with Crippen molar-refractivity contribution < 1.29 is 31.5 Å². The molecule has 0 bridgehead atoms. The molecule has 2 rings (SSSR count). The molecule has 0 spiro atoms. The average molecular weight is 323 g/mol. The van der Waals surface area contributed by atoms with Crippen LogP contribution < -0.4 is 5.32 Å². The standard InChI is InChI=1S/C14H14F5NO2/c1-22-7-5-3-2-4-6(7)20-14(21)8-9(15)11(17)13(19)12(18)10(8)16/h6-7H,2-5H2,1H3,(H,20,21)/t6-,7-/m0/s1. The van der Waals surface area contributed by atoms with Crippen molar-refractivity contribution in [1.29, 1.82) is 0 Å². The van der Waals surface area contributed by atoms with E-state index < -0.39 is 46.6 Å². The second-order valence-corrected chi connectivity index (χ2v) is 5.08. The Morgan fingerprint density at radius 1 is 0.955 bits per heavy atom. The third-order valence-corrected chi connectivity index (χ3v) is 3.76. The molecule has 1 fully saturated rings. The minimum Gasteiger partial charge on any atom is -0.379 e. The van der Waals surface area contributed by atoms with E-state index in [1.165, 1.54) is 7.11 Å². The van der Waals surface area contributed by atoms with Crippen LogP contribution >= 0.6 is 0 Å². The lowest BCUT2D eigenvalue weighted by molar-refractivity contribution is 0.0390. The first-order chi connectivity index (χ1) is 10.4. The van der Waals surface area contributed by atoms with Gasteiger partial charge < -0.3 is 10.1 Å². The summed E-state index contributed by atoms with van der Waals surface area (Å²) in [5.41, 5.74) is -1.48. The molecule has 1 aliphatic carbocycles. The van der Waals surface area contributed by atoms with E-state index >= 15 is 0 Å². The van der Waals surface area contributed by atoms with Gasteiger partial charge in [-0.2, -0.15) is 0 Å². The van der Waals surface area contributed by atoms with Crippen molar-refractivity contribution in [2.24, 2.45) is 0 Å². The van der Waals surface area contributed by atoms with Crippen LogP contribution in [0, 0.1) is 29.1 Å². The van der Waals surface area contributed by atoms with Crippen LogP contribution in [0.3, 0.4) is 0 Å². The first-order valence-electron chi connectivity index (χ1n) is 6.73. The van der Waals surface area contributed by atoms with E-state index in [0.29, 0.717) is 12.8 Å². The molecule has 1 aromatic carbocycles. The highest BCUT2D eigenvalue weighted by molar-refractivity contribution is 5.95. The van der Waals surface area contributed by atoms with Crippen LogP contribution in [0.2, 0.25) is 0 Å². The van der Waals surface area contributed by atoms with Crippen LogP contribution in [0.25, 0.3) is 0 Å². The number of methoxy groups -OCH3 is 1. The zero-order chi connectivity index (χ0) is 16.4. The zero-order valence-electron chi connectivity index (χ0n) is 11.7. The van der Waals surface area contributed by atoms with E-state index in [1.807, 2.05) is 0 Å². The molecule has 0 radical (unpaired) electrons. The monoisotopic (exact) mass is 323 g/mol. The molecule has 1 saturated carbocycles. The van der Waals surface area contributed by atoms with Crippen molar-refractivity contribution in [1.82, 2.24) is 5.32 Å². The number of benzene rings is 1. The van der Waals surface area contributed by atoms with Gasteiger partial charge in [0.15, 0.2) is 23.3 Å². The first-order valence-corrected chi connectivity index (χ1v) is 6.73. The third kappa shape index (κ3) is 2.92. The Balaban J connectivity index is 2.30. The summed E-state index contributed by atoms with van der Waals surface area (Å²) >= 11 is 0. The number of hydrogen-bond acceptors (Lipinski definition) is 2. The summed E-state index contributed by atoms with van der Waals surface area (Å²) in [6.45, 7) is 0. The van der Waals surface area contributed by atoms with E-state index in [2.05, 4.69) is 5.32 Å². The van der Waals surface area contributed by atoms with Crippen molar-refractivity contribution in [2.45, 2.75) is 37.8 Å². The molecule has 2 atom stereocenters. The molecule has 3 nitrogen and oxygen atoms in total. The number of halogens is 5. The summed E-state index contributed by atoms with van der Waals surface area (Å²) in [5, 5.41) is 2.29. The Bertz CT molecular complexity index is 564. The van der Waals surface area contributed by atoms with Gasteiger partial charge in [-0.25, -0.2) is 22.0 Å². The van der Waals surface area contributed by atoms with Crippen molar-refractivity contribution in [3.8, 4) is 0 Å². The van der Waals surface area contributed by atoms with Crippen molar-refractivity contribution in [2.75, 3.05) is 7.11 Å². The Kier molecular flexibility index (Phi) is 5.00. The van der Waals surface area contributed by atoms with Gasteiger partial charge >= 0.3 is 0 Å². The van der Waals surface area contributed by atoms with Gasteiger partial charge in [-0.1, -0.05) is 12.8 Å².